The Labute approximate surface area is 146 Å². The van der Waals surface area contributed by atoms with Crippen LogP contribution < -0.4 is 5.32 Å². The first kappa shape index (κ1) is 16.9. The molecule has 0 saturated heterocycles. The second kappa shape index (κ2) is 6.51. The Hall–Kier alpha value is -2.95. The molecule has 1 amide bonds. The number of hydrogen-bond donors (Lipinski definition) is 1. The van der Waals surface area contributed by atoms with Gasteiger partial charge in [0.25, 0.3) is 5.91 Å². The molecule has 0 unspecified atom stereocenters. The van der Waals surface area contributed by atoms with Crippen molar-refractivity contribution in [2.45, 2.75) is 27.7 Å². The number of halogens is 1. The SMILES string of the molecule is Cc1cccc(NC(=O)c2c(C)nn(-c3ccc(F)cc3)c2C)c1C. The van der Waals surface area contributed by atoms with Gasteiger partial charge in [0.2, 0.25) is 0 Å². The highest BCUT2D eigenvalue weighted by atomic mass is 19.1. The highest BCUT2D eigenvalue weighted by Crippen LogP contribution is 2.22. The van der Waals surface area contributed by atoms with Gasteiger partial charge in [-0.05, 0) is 69.2 Å². The minimum atomic E-state index is -0.307. The molecule has 2 aromatic carbocycles. The fourth-order valence-corrected chi connectivity index (χ4v) is 2.88. The van der Waals surface area contributed by atoms with E-state index in [1.807, 2.05) is 39.0 Å². The fraction of sp³-hybridized carbons (Fsp3) is 0.200. The van der Waals surface area contributed by atoms with E-state index in [2.05, 4.69) is 10.4 Å². The van der Waals surface area contributed by atoms with Crippen LogP contribution in [0.25, 0.3) is 5.69 Å². The number of benzene rings is 2. The molecule has 128 valence electrons. The summed E-state index contributed by atoms with van der Waals surface area (Å²) in [6.07, 6.45) is 0. The van der Waals surface area contributed by atoms with Crippen molar-refractivity contribution in [3.05, 3.63) is 76.4 Å². The highest BCUT2D eigenvalue weighted by Gasteiger charge is 2.20. The Balaban J connectivity index is 1.96. The van der Waals surface area contributed by atoms with E-state index in [0.717, 1.165) is 16.8 Å². The Bertz CT molecular complexity index is 942. The average molecular weight is 337 g/mol. The Kier molecular flexibility index (Phi) is 4.40. The smallest absolute Gasteiger partial charge is 0.259 e. The summed E-state index contributed by atoms with van der Waals surface area (Å²) in [5, 5.41) is 7.42. The molecule has 25 heavy (non-hydrogen) atoms. The first-order valence-electron chi connectivity index (χ1n) is 8.08. The lowest BCUT2D eigenvalue weighted by molar-refractivity contribution is 0.102. The second-order valence-corrected chi connectivity index (χ2v) is 6.14. The fourth-order valence-electron chi connectivity index (χ4n) is 2.88. The topological polar surface area (TPSA) is 46.9 Å². The molecule has 0 radical (unpaired) electrons. The van der Waals surface area contributed by atoms with E-state index in [-0.39, 0.29) is 11.7 Å². The predicted octanol–water partition coefficient (Wildman–Crippen LogP) is 4.50. The summed E-state index contributed by atoms with van der Waals surface area (Å²) >= 11 is 0. The van der Waals surface area contributed by atoms with E-state index in [4.69, 9.17) is 0 Å². The van der Waals surface area contributed by atoms with Gasteiger partial charge in [-0.2, -0.15) is 5.10 Å². The average Bonchev–Trinajstić information content (AvgIpc) is 2.87. The van der Waals surface area contributed by atoms with Gasteiger partial charge in [0, 0.05) is 5.69 Å². The third-order valence-electron chi connectivity index (χ3n) is 4.44. The number of nitrogens with zero attached hydrogens (tertiary/aromatic N) is 2. The molecular weight excluding hydrogens is 317 g/mol. The normalized spacial score (nSPS) is 10.8. The minimum absolute atomic E-state index is 0.197. The Morgan fingerprint density at radius 2 is 1.72 bits per heavy atom. The lowest BCUT2D eigenvalue weighted by Crippen LogP contribution is -2.15. The van der Waals surface area contributed by atoms with Gasteiger partial charge >= 0.3 is 0 Å². The van der Waals surface area contributed by atoms with Gasteiger partial charge in [-0.25, -0.2) is 9.07 Å². The van der Waals surface area contributed by atoms with E-state index < -0.39 is 0 Å². The number of rotatable bonds is 3. The Morgan fingerprint density at radius 3 is 2.40 bits per heavy atom. The van der Waals surface area contributed by atoms with Crippen molar-refractivity contribution < 1.29 is 9.18 Å². The molecule has 0 aliphatic carbocycles. The molecule has 0 aliphatic heterocycles. The maximum absolute atomic E-state index is 13.1. The van der Waals surface area contributed by atoms with E-state index in [0.29, 0.717) is 22.6 Å². The van der Waals surface area contributed by atoms with Crippen LogP contribution in [-0.2, 0) is 0 Å². The van der Waals surface area contributed by atoms with Crippen LogP contribution in [0.1, 0.15) is 32.9 Å². The van der Waals surface area contributed by atoms with E-state index in [9.17, 15) is 9.18 Å². The molecule has 3 rings (SSSR count). The van der Waals surface area contributed by atoms with Crippen LogP contribution in [0.15, 0.2) is 42.5 Å². The van der Waals surface area contributed by atoms with E-state index in [1.54, 1.807) is 23.7 Å². The number of carbonyl (C=O) groups is 1. The van der Waals surface area contributed by atoms with Crippen LogP contribution in [0, 0.1) is 33.5 Å². The molecule has 0 fully saturated rings. The summed E-state index contributed by atoms with van der Waals surface area (Å²) in [7, 11) is 0. The molecule has 3 aromatic rings. The molecule has 0 spiro atoms. The number of aromatic nitrogens is 2. The first-order chi connectivity index (χ1) is 11.9. The molecule has 1 heterocycles. The predicted molar refractivity (Wildman–Crippen MR) is 96.9 cm³/mol. The molecular formula is C20H20FN3O. The van der Waals surface area contributed by atoms with Crippen molar-refractivity contribution in [3.8, 4) is 5.69 Å². The molecule has 0 bridgehead atoms. The van der Waals surface area contributed by atoms with Gasteiger partial charge in [0.15, 0.2) is 0 Å². The summed E-state index contributed by atoms with van der Waals surface area (Å²) in [5.41, 5.74) is 5.54. The van der Waals surface area contributed by atoms with E-state index >= 15 is 0 Å². The van der Waals surface area contributed by atoms with Gasteiger partial charge in [-0.3, -0.25) is 4.79 Å². The monoisotopic (exact) mass is 337 g/mol. The minimum Gasteiger partial charge on any atom is -0.322 e. The van der Waals surface area contributed by atoms with Crippen LogP contribution >= 0.6 is 0 Å². The zero-order valence-corrected chi connectivity index (χ0v) is 14.7. The summed E-state index contributed by atoms with van der Waals surface area (Å²) in [5.74, 6) is -0.504. The van der Waals surface area contributed by atoms with Crippen molar-refractivity contribution >= 4 is 11.6 Å². The number of anilines is 1. The standard InChI is InChI=1S/C20H20FN3O/c1-12-6-5-7-18(13(12)2)22-20(25)19-14(3)23-24(15(19)4)17-10-8-16(21)9-11-17/h5-11H,1-4H3,(H,22,25). The zero-order valence-electron chi connectivity index (χ0n) is 14.7. The van der Waals surface area contributed by atoms with Gasteiger partial charge in [-0.1, -0.05) is 12.1 Å². The Morgan fingerprint density at radius 1 is 1.04 bits per heavy atom. The van der Waals surface area contributed by atoms with Crippen molar-refractivity contribution in [1.29, 1.82) is 0 Å². The third kappa shape index (κ3) is 3.18. The molecule has 0 saturated carbocycles. The van der Waals surface area contributed by atoms with Crippen molar-refractivity contribution in [2.24, 2.45) is 0 Å². The molecule has 5 heteroatoms. The number of amides is 1. The van der Waals surface area contributed by atoms with Crippen molar-refractivity contribution in [3.63, 3.8) is 0 Å². The number of aryl methyl sites for hydroxylation is 2. The van der Waals surface area contributed by atoms with Crippen LogP contribution in [0.4, 0.5) is 10.1 Å². The van der Waals surface area contributed by atoms with Crippen LogP contribution in [-0.4, -0.2) is 15.7 Å². The number of hydrogen-bond acceptors (Lipinski definition) is 2. The van der Waals surface area contributed by atoms with Crippen LogP contribution in [0.2, 0.25) is 0 Å². The van der Waals surface area contributed by atoms with Gasteiger partial charge < -0.3 is 5.32 Å². The van der Waals surface area contributed by atoms with Crippen LogP contribution in [0.3, 0.4) is 0 Å². The second-order valence-electron chi connectivity index (χ2n) is 6.14. The molecule has 0 atom stereocenters. The molecule has 1 N–H and O–H groups in total. The third-order valence-corrected chi connectivity index (χ3v) is 4.44. The van der Waals surface area contributed by atoms with Crippen LogP contribution in [0.5, 0.6) is 0 Å². The number of carbonyl (C=O) groups excluding carboxylic acids is 1. The van der Waals surface area contributed by atoms with Crippen molar-refractivity contribution in [1.82, 2.24) is 9.78 Å². The molecule has 4 nitrogen and oxygen atoms in total. The van der Waals surface area contributed by atoms with Gasteiger partial charge in [0.1, 0.15) is 5.82 Å². The summed E-state index contributed by atoms with van der Waals surface area (Å²) in [4.78, 5) is 12.8. The summed E-state index contributed by atoms with van der Waals surface area (Å²) in [6.45, 7) is 7.62. The highest BCUT2D eigenvalue weighted by molar-refractivity contribution is 6.06. The van der Waals surface area contributed by atoms with Gasteiger partial charge in [-0.15, -0.1) is 0 Å². The quantitative estimate of drug-likeness (QED) is 0.765. The molecule has 0 aliphatic rings. The maximum Gasteiger partial charge on any atom is 0.259 e. The van der Waals surface area contributed by atoms with Crippen molar-refractivity contribution in [2.75, 3.05) is 5.32 Å². The molecule has 1 aromatic heterocycles. The zero-order chi connectivity index (χ0) is 18.1. The largest absolute Gasteiger partial charge is 0.322 e. The lowest BCUT2D eigenvalue weighted by Gasteiger charge is -2.11. The first-order valence-corrected chi connectivity index (χ1v) is 8.08. The summed E-state index contributed by atoms with van der Waals surface area (Å²) in [6, 6.07) is 11.8. The number of nitrogens with one attached hydrogen (secondary N) is 1. The maximum atomic E-state index is 13.1. The van der Waals surface area contributed by atoms with Gasteiger partial charge in [0.05, 0.1) is 22.6 Å². The van der Waals surface area contributed by atoms with E-state index in [1.165, 1.54) is 12.1 Å². The lowest BCUT2D eigenvalue weighted by atomic mass is 10.1. The summed E-state index contributed by atoms with van der Waals surface area (Å²) < 4.78 is 14.8.